The summed E-state index contributed by atoms with van der Waals surface area (Å²) >= 11 is 0. The second kappa shape index (κ2) is 8.25. The summed E-state index contributed by atoms with van der Waals surface area (Å²) in [5.41, 5.74) is -0.175. The summed E-state index contributed by atoms with van der Waals surface area (Å²) in [7, 11) is 0. The maximum Gasteiger partial charge on any atom is 0.293 e. The lowest BCUT2D eigenvalue weighted by Gasteiger charge is -2.22. The van der Waals surface area contributed by atoms with Gasteiger partial charge in [0.15, 0.2) is 0 Å². The minimum absolute atomic E-state index is 0.175. The normalized spacial score (nSPS) is 18.1. The summed E-state index contributed by atoms with van der Waals surface area (Å²) in [6, 6.07) is 0.695. The van der Waals surface area contributed by atoms with Gasteiger partial charge in [-0.15, -0.1) is 0 Å². The Morgan fingerprint density at radius 1 is 1.33 bits per heavy atom. The van der Waals surface area contributed by atoms with Crippen LogP contribution in [-0.2, 0) is 9.53 Å². The summed E-state index contributed by atoms with van der Waals surface area (Å²) in [4.78, 5) is 14.5. The molecule has 0 aromatic carbocycles. The molecule has 0 heterocycles. The van der Waals surface area contributed by atoms with Crippen molar-refractivity contribution in [2.24, 2.45) is 10.4 Å². The van der Waals surface area contributed by atoms with Gasteiger partial charge in [-0.3, -0.25) is 9.79 Å². The molecule has 1 aliphatic carbocycles. The molecular formula is C14H26N2O2. The molecule has 0 radical (unpaired) electrons. The molecule has 0 bridgehead atoms. The fourth-order valence-electron chi connectivity index (χ4n) is 2.24. The maximum atomic E-state index is 10.1. The van der Waals surface area contributed by atoms with Gasteiger partial charge < -0.3 is 10.1 Å². The zero-order chi connectivity index (χ0) is 13.3. The lowest BCUT2D eigenvalue weighted by molar-refractivity contribution is -0.130. The first-order chi connectivity index (χ1) is 8.64. The van der Waals surface area contributed by atoms with E-state index in [4.69, 9.17) is 4.74 Å². The number of carbonyl (C=O) groups excluding carboxylic acids is 1. The van der Waals surface area contributed by atoms with Crippen molar-refractivity contribution >= 4 is 12.7 Å². The average molecular weight is 254 g/mol. The van der Waals surface area contributed by atoms with Gasteiger partial charge in [-0.1, -0.05) is 33.1 Å². The highest BCUT2D eigenvalue weighted by molar-refractivity contribution is 5.65. The molecule has 0 saturated heterocycles. The van der Waals surface area contributed by atoms with Gasteiger partial charge in [0.05, 0.1) is 6.54 Å². The Kier molecular flexibility index (Phi) is 6.94. The second-order valence-corrected chi connectivity index (χ2v) is 5.72. The van der Waals surface area contributed by atoms with Crippen molar-refractivity contribution in [3.63, 3.8) is 0 Å². The highest BCUT2D eigenvalue weighted by Crippen LogP contribution is 2.17. The molecule has 4 heteroatoms. The summed E-state index contributed by atoms with van der Waals surface area (Å²) in [6.07, 6.45) is 8.61. The van der Waals surface area contributed by atoms with Crippen LogP contribution in [0.4, 0.5) is 0 Å². The Bertz CT molecular complexity index is 259. The largest absolute Gasteiger partial charge is 0.467 e. The summed E-state index contributed by atoms with van der Waals surface area (Å²) in [6.45, 7) is 6.62. The monoisotopic (exact) mass is 254 g/mol. The van der Waals surface area contributed by atoms with Gasteiger partial charge in [0, 0.05) is 24.2 Å². The number of carbonyl (C=O) groups is 1. The van der Waals surface area contributed by atoms with Crippen molar-refractivity contribution in [3.8, 4) is 0 Å². The Morgan fingerprint density at radius 2 is 2.06 bits per heavy atom. The van der Waals surface area contributed by atoms with Crippen LogP contribution in [0.25, 0.3) is 0 Å². The topological polar surface area (TPSA) is 50.7 Å². The van der Waals surface area contributed by atoms with Crippen LogP contribution in [0.15, 0.2) is 4.99 Å². The first-order valence-electron chi connectivity index (χ1n) is 6.94. The molecule has 0 aromatic rings. The molecule has 1 N–H and O–H groups in total. The molecule has 1 saturated carbocycles. The minimum atomic E-state index is -0.175. The maximum absolute atomic E-state index is 10.1. The number of aliphatic imine (C=N–C) groups is 1. The van der Waals surface area contributed by atoms with Gasteiger partial charge in [-0.25, -0.2) is 0 Å². The summed E-state index contributed by atoms with van der Waals surface area (Å²) in [5, 5.41) is 3.55. The highest BCUT2D eigenvalue weighted by Gasteiger charge is 2.15. The molecule has 104 valence electrons. The summed E-state index contributed by atoms with van der Waals surface area (Å²) < 4.78 is 4.76. The van der Waals surface area contributed by atoms with Crippen molar-refractivity contribution in [2.45, 2.75) is 52.0 Å². The minimum Gasteiger partial charge on any atom is -0.467 e. The van der Waals surface area contributed by atoms with Gasteiger partial charge in [0.2, 0.25) is 0 Å². The molecule has 0 unspecified atom stereocenters. The molecule has 0 aromatic heterocycles. The number of nitrogens with one attached hydrogen (secondary N) is 1. The van der Waals surface area contributed by atoms with Crippen molar-refractivity contribution in [2.75, 3.05) is 19.7 Å². The Labute approximate surface area is 110 Å². The van der Waals surface area contributed by atoms with Crippen molar-refractivity contribution < 1.29 is 9.53 Å². The number of nitrogens with zero attached hydrogens (tertiary/aromatic N) is 1. The van der Waals surface area contributed by atoms with Crippen LogP contribution in [0.3, 0.4) is 0 Å². The Morgan fingerprint density at radius 3 is 2.72 bits per heavy atom. The van der Waals surface area contributed by atoms with Crippen molar-refractivity contribution in [1.82, 2.24) is 5.32 Å². The molecule has 0 atom stereocenters. The third-order valence-electron chi connectivity index (χ3n) is 3.24. The van der Waals surface area contributed by atoms with E-state index in [1.54, 1.807) is 0 Å². The summed E-state index contributed by atoms with van der Waals surface area (Å²) in [5.74, 6) is 0. The second-order valence-electron chi connectivity index (χ2n) is 5.72. The van der Waals surface area contributed by atoms with Gasteiger partial charge in [-0.05, 0) is 12.8 Å². The zero-order valence-electron chi connectivity index (χ0n) is 11.7. The number of ether oxygens (including phenoxy) is 1. The van der Waals surface area contributed by atoms with Crippen molar-refractivity contribution in [1.29, 1.82) is 0 Å². The fourth-order valence-corrected chi connectivity index (χ4v) is 2.24. The van der Waals surface area contributed by atoms with Crippen LogP contribution in [0.2, 0.25) is 0 Å². The van der Waals surface area contributed by atoms with Gasteiger partial charge >= 0.3 is 0 Å². The lowest BCUT2D eigenvalue weighted by Crippen LogP contribution is -2.33. The van der Waals surface area contributed by atoms with E-state index < -0.39 is 0 Å². The number of hydrogen-bond acceptors (Lipinski definition) is 4. The predicted molar refractivity (Wildman–Crippen MR) is 74.0 cm³/mol. The SMILES string of the molecule is CC(C)(C=NCCNC1CCCCC1)COC=O. The van der Waals surface area contributed by atoms with Crippen LogP contribution in [0, 0.1) is 5.41 Å². The lowest BCUT2D eigenvalue weighted by atomic mass is 9.95. The fraction of sp³-hybridized carbons (Fsp3) is 0.857. The van der Waals surface area contributed by atoms with Crippen LogP contribution in [-0.4, -0.2) is 38.4 Å². The van der Waals surface area contributed by atoms with E-state index in [-0.39, 0.29) is 5.41 Å². The molecule has 0 aliphatic heterocycles. The van der Waals surface area contributed by atoms with Crippen LogP contribution >= 0.6 is 0 Å². The third-order valence-corrected chi connectivity index (χ3v) is 3.24. The van der Waals surface area contributed by atoms with E-state index >= 15 is 0 Å². The molecule has 1 aliphatic rings. The molecule has 18 heavy (non-hydrogen) atoms. The third kappa shape index (κ3) is 6.74. The smallest absolute Gasteiger partial charge is 0.293 e. The van der Waals surface area contributed by atoms with Gasteiger partial charge in [0.25, 0.3) is 6.47 Å². The predicted octanol–water partition coefficient (Wildman–Crippen LogP) is 2.18. The molecule has 1 rings (SSSR count). The van der Waals surface area contributed by atoms with E-state index in [2.05, 4.69) is 10.3 Å². The van der Waals surface area contributed by atoms with Crippen LogP contribution < -0.4 is 5.32 Å². The number of rotatable bonds is 8. The number of hydrogen-bond donors (Lipinski definition) is 1. The zero-order valence-corrected chi connectivity index (χ0v) is 11.7. The first-order valence-corrected chi connectivity index (χ1v) is 6.94. The Hall–Kier alpha value is -0.900. The quantitative estimate of drug-likeness (QED) is 0.410. The van der Waals surface area contributed by atoms with Crippen LogP contribution in [0.5, 0.6) is 0 Å². The molecular weight excluding hydrogens is 228 g/mol. The van der Waals surface area contributed by atoms with E-state index in [1.165, 1.54) is 32.1 Å². The van der Waals surface area contributed by atoms with E-state index in [0.717, 1.165) is 13.1 Å². The molecule has 0 amide bonds. The van der Waals surface area contributed by atoms with E-state index in [1.807, 2.05) is 20.1 Å². The first kappa shape index (κ1) is 15.2. The Balaban J connectivity index is 2.10. The van der Waals surface area contributed by atoms with Crippen molar-refractivity contribution in [3.05, 3.63) is 0 Å². The average Bonchev–Trinajstić information content (AvgIpc) is 2.37. The van der Waals surface area contributed by atoms with Gasteiger partial charge in [-0.2, -0.15) is 0 Å². The standard InChI is InChI=1S/C14H26N2O2/c1-14(2,11-18-12-17)10-15-8-9-16-13-6-4-3-5-7-13/h10,12-13,16H,3-9,11H2,1-2H3. The van der Waals surface area contributed by atoms with Gasteiger partial charge in [0.1, 0.15) is 6.61 Å². The molecule has 1 fully saturated rings. The highest BCUT2D eigenvalue weighted by atomic mass is 16.5. The molecule has 0 spiro atoms. The molecule has 4 nitrogen and oxygen atoms in total. The van der Waals surface area contributed by atoms with E-state index in [9.17, 15) is 4.79 Å². The van der Waals surface area contributed by atoms with Crippen LogP contribution in [0.1, 0.15) is 46.0 Å². The van der Waals surface area contributed by atoms with E-state index in [0.29, 0.717) is 19.1 Å².